The molecule has 0 saturated heterocycles. The van der Waals surface area contributed by atoms with E-state index in [-0.39, 0.29) is 18.5 Å². The number of methoxy groups -OCH3 is 1. The van der Waals surface area contributed by atoms with E-state index >= 15 is 0 Å². The van der Waals surface area contributed by atoms with Gasteiger partial charge in [-0.3, -0.25) is 9.10 Å². The first-order valence-electron chi connectivity index (χ1n) is 6.98. The number of rotatable bonds is 7. The SMILES string of the molecule is COC[C@@H](C)NC(=O)CN(c1ccc(C)cc1C)S(C)(=O)=O. The lowest BCUT2D eigenvalue weighted by Gasteiger charge is -2.24. The number of carbonyl (C=O) groups is 1. The van der Waals surface area contributed by atoms with Crippen LogP contribution in [0.5, 0.6) is 0 Å². The topological polar surface area (TPSA) is 75.7 Å². The molecule has 6 nitrogen and oxygen atoms in total. The smallest absolute Gasteiger partial charge is 0.241 e. The van der Waals surface area contributed by atoms with E-state index in [0.717, 1.165) is 21.7 Å². The summed E-state index contributed by atoms with van der Waals surface area (Å²) in [6, 6.07) is 5.25. The lowest BCUT2D eigenvalue weighted by molar-refractivity contribution is -0.120. The Morgan fingerprint density at radius 1 is 1.36 bits per heavy atom. The van der Waals surface area contributed by atoms with Crippen molar-refractivity contribution >= 4 is 21.6 Å². The first-order chi connectivity index (χ1) is 10.1. The van der Waals surface area contributed by atoms with Gasteiger partial charge in [0.1, 0.15) is 6.54 Å². The van der Waals surface area contributed by atoms with Gasteiger partial charge in [-0.05, 0) is 32.4 Å². The van der Waals surface area contributed by atoms with Crippen LogP contribution in [0.15, 0.2) is 18.2 Å². The molecule has 0 saturated carbocycles. The second-order valence-electron chi connectivity index (χ2n) is 5.48. The molecule has 0 aromatic heterocycles. The number of sulfonamides is 1. The molecule has 0 aliphatic heterocycles. The Labute approximate surface area is 132 Å². The highest BCUT2D eigenvalue weighted by molar-refractivity contribution is 7.92. The summed E-state index contributed by atoms with van der Waals surface area (Å²) in [6.45, 7) is 5.67. The number of benzene rings is 1. The van der Waals surface area contributed by atoms with Crippen LogP contribution in [0.1, 0.15) is 18.1 Å². The number of nitrogens with zero attached hydrogens (tertiary/aromatic N) is 1. The fraction of sp³-hybridized carbons (Fsp3) is 0.533. The van der Waals surface area contributed by atoms with Crippen LogP contribution in [0, 0.1) is 13.8 Å². The maximum absolute atomic E-state index is 12.1. The molecule has 0 heterocycles. The van der Waals surface area contributed by atoms with Crippen LogP contribution in [-0.2, 0) is 19.6 Å². The second kappa shape index (κ2) is 7.60. The highest BCUT2D eigenvalue weighted by Gasteiger charge is 2.22. The highest BCUT2D eigenvalue weighted by atomic mass is 32.2. The Bertz CT molecular complexity index is 628. The number of anilines is 1. The minimum atomic E-state index is -3.56. The third-order valence-electron chi connectivity index (χ3n) is 3.13. The van der Waals surface area contributed by atoms with E-state index < -0.39 is 10.0 Å². The summed E-state index contributed by atoms with van der Waals surface area (Å²) in [5, 5.41) is 2.71. The molecule has 0 radical (unpaired) electrons. The molecule has 0 fully saturated rings. The fourth-order valence-electron chi connectivity index (χ4n) is 2.21. The van der Waals surface area contributed by atoms with Crippen LogP contribution in [0.2, 0.25) is 0 Å². The molecule has 0 aliphatic carbocycles. The zero-order valence-electron chi connectivity index (χ0n) is 13.7. The molecular weight excluding hydrogens is 304 g/mol. The summed E-state index contributed by atoms with van der Waals surface area (Å²) < 4.78 is 30.1. The largest absolute Gasteiger partial charge is 0.383 e. The van der Waals surface area contributed by atoms with Crippen molar-refractivity contribution in [1.29, 1.82) is 0 Å². The van der Waals surface area contributed by atoms with Crippen LogP contribution in [0.3, 0.4) is 0 Å². The van der Waals surface area contributed by atoms with E-state index in [0.29, 0.717) is 12.3 Å². The summed E-state index contributed by atoms with van der Waals surface area (Å²) in [6.07, 6.45) is 1.10. The summed E-state index contributed by atoms with van der Waals surface area (Å²) in [5.41, 5.74) is 2.36. The number of nitrogens with one attached hydrogen (secondary N) is 1. The molecule has 1 aromatic rings. The predicted octanol–water partition coefficient (Wildman–Crippen LogP) is 1.22. The molecule has 1 N–H and O–H groups in total. The average molecular weight is 328 g/mol. The van der Waals surface area contributed by atoms with Crippen LogP contribution in [0.25, 0.3) is 0 Å². The normalized spacial score (nSPS) is 12.8. The van der Waals surface area contributed by atoms with Crippen LogP contribution in [-0.4, -0.2) is 46.9 Å². The van der Waals surface area contributed by atoms with Gasteiger partial charge in [0.25, 0.3) is 0 Å². The molecule has 0 aliphatic rings. The van der Waals surface area contributed by atoms with Crippen molar-refractivity contribution < 1.29 is 17.9 Å². The molecule has 1 amide bonds. The Balaban J connectivity index is 2.98. The van der Waals surface area contributed by atoms with Crippen molar-refractivity contribution in [2.75, 3.05) is 30.8 Å². The number of aryl methyl sites for hydroxylation is 2. The van der Waals surface area contributed by atoms with Crippen molar-refractivity contribution in [2.24, 2.45) is 0 Å². The minimum absolute atomic E-state index is 0.182. The van der Waals surface area contributed by atoms with Gasteiger partial charge < -0.3 is 10.1 Å². The van der Waals surface area contributed by atoms with Crippen LogP contribution >= 0.6 is 0 Å². The molecule has 124 valence electrons. The molecule has 1 atom stereocenters. The van der Waals surface area contributed by atoms with E-state index in [4.69, 9.17) is 4.74 Å². The zero-order chi connectivity index (χ0) is 16.9. The number of amides is 1. The summed E-state index contributed by atoms with van der Waals surface area (Å²) in [7, 11) is -2.01. The minimum Gasteiger partial charge on any atom is -0.383 e. The fourth-order valence-corrected chi connectivity index (χ4v) is 3.12. The third-order valence-corrected chi connectivity index (χ3v) is 4.26. The summed E-state index contributed by atoms with van der Waals surface area (Å²) in [5.74, 6) is -0.366. The van der Waals surface area contributed by atoms with Gasteiger partial charge in [-0.2, -0.15) is 0 Å². The Kier molecular flexibility index (Phi) is 6.37. The summed E-state index contributed by atoms with van der Waals surface area (Å²) in [4.78, 5) is 12.1. The standard InChI is InChI=1S/C15H24N2O4S/c1-11-6-7-14(12(2)8-11)17(22(5,19)20)9-15(18)16-13(3)10-21-4/h6-8,13H,9-10H2,1-5H3,(H,16,18)/t13-/m1/s1. The maximum atomic E-state index is 12.1. The monoisotopic (exact) mass is 328 g/mol. The van der Waals surface area contributed by atoms with Gasteiger partial charge in [0.15, 0.2) is 0 Å². The molecule has 0 spiro atoms. The van der Waals surface area contributed by atoms with E-state index in [1.54, 1.807) is 20.1 Å². The van der Waals surface area contributed by atoms with Crippen molar-refractivity contribution in [1.82, 2.24) is 5.32 Å². The average Bonchev–Trinajstić information content (AvgIpc) is 2.35. The maximum Gasteiger partial charge on any atom is 0.241 e. The lowest BCUT2D eigenvalue weighted by atomic mass is 10.1. The molecular formula is C15H24N2O4S. The van der Waals surface area contributed by atoms with E-state index in [9.17, 15) is 13.2 Å². The van der Waals surface area contributed by atoms with Crippen molar-refractivity contribution in [3.8, 4) is 0 Å². The highest BCUT2D eigenvalue weighted by Crippen LogP contribution is 2.23. The van der Waals surface area contributed by atoms with Gasteiger partial charge in [0, 0.05) is 13.2 Å². The molecule has 7 heteroatoms. The van der Waals surface area contributed by atoms with E-state index in [1.165, 1.54) is 0 Å². The lowest BCUT2D eigenvalue weighted by Crippen LogP contribution is -2.44. The van der Waals surface area contributed by atoms with E-state index in [2.05, 4.69) is 5.32 Å². The number of carbonyl (C=O) groups excluding carboxylic acids is 1. The second-order valence-corrected chi connectivity index (χ2v) is 7.39. The first-order valence-corrected chi connectivity index (χ1v) is 8.83. The van der Waals surface area contributed by atoms with Crippen LogP contribution in [0.4, 0.5) is 5.69 Å². The van der Waals surface area contributed by atoms with Gasteiger partial charge in [0.2, 0.25) is 15.9 Å². The molecule has 1 aromatic carbocycles. The number of hydrogen-bond acceptors (Lipinski definition) is 4. The zero-order valence-corrected chi connectivity index (χ0v) is 14.5. The Hall–Kier alpha value is -1.60. The van der Waals surface area contributed by atoms with Crippen molar-refractivity contribution in [3.63, 3.8) is 0 Å². The number of ether oxygens (including phenoxy) is 1. The van der Waals surface area contributed by atoms with Crippen molar-refractivity contribution in [2.45, 2.75) is 26.8 Å². The molecule has 0 unspecified atom stereocenters. The molecule has 22 heavy (non-hydrogen) atoms. The molecule has 0 bridgehead atoms. The van der Waals surface area contributed by atoms with Gasteiger partial charge in [-0.25, -0.2) is 8.42 Å². The van der Waals surface area contributed by atoms with Crippen LogP contribution < -0.4 is 9.62 Å². The van der Waals surface area contributed by atoms with Gasteiger partial charge >= 0.3 is 0 Å². The predicted molar refractivity (Wildman–Crippen MR) is 87.6 cm³/mol. The van der Waals surface area contributed by atoms with Gasteiger partial charge in [-0.1, -0.05) is 17.7 Å². The Morgan fingerprint density at radius 3 is 2.50 bits per heavy atom. The molecule has 1 rings (SSSR count). The summed E-state index contributed by atoms with van der Waals surface area (Å²) >= 11 is 0. The number of hydrogen-bond donors (Lipinski definition) is 1. The quantitative estimate of drug-likeness (QED) is 0.816. The third kappa shape index (κ3) is 5.31. The van der Waals surface area contributed by atoms with E-state index in [1.807, 2.05) is 26.0 Å². The first kappa shape index (κ1) is 18.4. The Morgan fingerprint density at radius 2 is 2.00 bits per heavy atom. The van der Waals surface area contributed by atoms with Gasteiger partial charge in [-0.15, -0.1) is 0 Å². The van der Waals surface area contributed by atoms with Gasteiger partial charge in [0.05, 0.1) is 18.6 Å². The van der Waals surface area contributed by atoms with Crippen molar-refractivity contribution in [3.05, 3.63) is 29.3 Å².